The number of piperidine rings is 1. The van der Waals surface area contributed by atoms with E-state index in [1.54, 1.807) is 29.6 Å². The highest BCUT2D eigenvalue weighted by atomic mass is 35.5. The van der Waals surface area contributed by atoms with E-state index in [4.69, 9.17) is 11.6 Å². The molecule has 1 amide bonds. The second kappa shape index (κ2) is 8.73. The Morgan fingerprint density at radius 3 is 2.52 bits per heavy atom. The second-order valence-corrected chi connectivity index (χ2v) is 10.4. The normalized spacial score (nSPS) is 17.6. The third-order valence-corrected chi connectivity index (χ3v) is 8.61. The number of rotatable bonds is 6. The number of amides is 1. The van der Waals surface area contributed by atoms with E-state index in [0.29, 0.717) is 41.7 Å². The van der Waals surface area contributed by atoms with Crippen molar-refractivity contribution in [3.8, 4) is 0 Å². The number of thiophene rings is 1. The van der Waals surface area contributed by atoms with Gasteiger partial charge < -0.3 is 5.32 Å². The van der Waals surface area contributed by atoms with Gasteiger partial charge in [0, 0.05) is 30.6 Å². The van der Waals surface area contributed by atoms with Crippen LogP contribution in [-0.4, -0.2) is 31.7 Å². The van der Waals surface area contributed by atoms with Gasteiger partial charge in [-0.25, -0.2) is 8.42 Å². The van der Waals surface area contributed by atoms with Gasteiger partial charge in [-0.1, -0.05) is 36.7 Å². The molecule has 5 nitrogen and oxygen atoms in total. The first-order chi connectivity index (χ1) is 12.9. The van der Waals surface area contributed by atoms with Crippen molar-refractivity contribution >= 4 is 38.9 Å². The molecule has 146 valence electrons. The number of hydrogen-bond donors (Lipinski definition) is 1. The Bertz CT molecular complexity index is 859. The zero-order chi connectivity index (χ0) is 19.4. The molecular formula is C19H23ClN2O3S2. The standard InChI is InChI=1S/C19H23ClN2O3S2/c1-14(19(23)21-13-15-4-6-17(20)7-5-15)16-8-10-22(11-9-16)27(24,25)18-3-2-12-26-18/h2-7,12,14,16H,8-11,13H2,1H3,(H,21,23)/t14-/m1/s1. The van der Waals surface area contributed by atoms with Crippen LogP contribution in [0, 0.1) is 11.8 Å². The average molecular weight is 427 g/mol. The number of halogens is 1. The van der Waals surface area contributed by atoms with Gasteiger partial charge in [-0.2, -0.15) is 4.31 Å². The maximum Gasteiger partial charge on any atom is 0.252 e. The fraction of sp³-hybridized carbons (Fsp3) is 0.421. The summed E-state index contributed by atoms with van der Waals surface area (Å²) in [5.74, 6) is 0.0402. The largest absolute Gasteiger partial charge is 0.352 e. The van der Waals surface area contributed by atoms with Crippen LogP contribution < -0.4 is 5.32 Å². The minimum atomic E-state index is -3.40. The van der Waals surface area contributed by atoms with E-state index in [-0.39, 0.29) is 17.7 Å². The lowest BCUT2D eigenvalue weighted by Gasteiger charge is -2.33. The molecule has 1 saturated heterocycles. The summed E-state index contributed by atoms with van der Waals surface area (Å²) in [6, 6.07) is 10.8. The summed E-state index contributed by atoms with van der Waals surface area (Å²) in [5.41, 5.74) is 0.997. The van der Waals surface area contributed by atoms with E-state index in [2.05, 4.69) is 5.32 Å². The van der Waals surface area contributed by atoms with Crippen LogP contribution in [0.1, 0.15) is 25.3 Å². The molecule has 8 heteroatoms. The molecule has 2 heterocycles. The molecule has 1 aliphatic rings. The Kier molecular flexibility index (Phi) is 6.57. The highest BCUT2D eigenvalue weighted by molar-refractivity contribution is 7.91. The average Bonchev–Trinajstić information content (AvgIpc) is 3.22. The van der Waals surface area contributed by atoms with Gasteiger partial charge in [0.2, 0.25) is 5.91 Å². The predicted octanol–water partition coefficient (Wildman–Crippen LogP) is 3.75. The van der Waals surface area contributed by atoms with Gasteiger partial charge in [-0.05, 0) is 47.9 Å². The van der Waals surface area contributed by atoms with Gasteiger partial charge in [-0.15, -0.1) is 11.3 Å². The van der Waals surface area contributed by atoms with Crippen molar-refractivity contribution in [1.82, 2.24) is 9.62 Å². The Labute approximate surface area is 169 Å². The minimum Gasteiger partial charge on any atom is -0.352 e. The molecule has 0 saturated carbocycles. The van der Waals surface area contributed by atoms with Crippen LogP contribution in [0.3, 0.4) is 0 Å². The SMILES string of the molecule is C[C@@H](C(=O)NCc1ccc(Cl)cc1)C1CCN(S(=O)(=O)c2cccs2)CC1. The number of benzene rings is 1. The maximum atomic E-state index is 12.6. The topological polar surface area (TPSA) is 66.5 Å². The third kappa shape index (κ3) is 4.90. The fourth-order valence-corrected chi connectivity index (χ4v) is 6.06. The molecule has 1 aromatic carbocycles. The molecule has 27 heavy (non-hydrogen) atoms. The van der Waals surface area contributed by atoms with E-state index in [1.165, 1.54) is 15.6 Å². The summed E-state index contributed by atoms with van der Waals surface area (Å²) in [6.45, 7) is 3.30. The Balaban J connectivity index is 1.51. The molecular weight excluding hydrogens is 404 g/mol. The lowest BCUT2D eigenvalue weighted by atomic mass is 9.85. The van der Waals surface area contributed by atoms with E-state index in [9.17, 15) is 13.2 Å². The first kappa shape index (κ1) is 20.3. The van der Waals surface area contributed by atoms with Crippen LogP contribution in [-0.2, 0) is 21.4 Å². The van der Waals surface area contributed by atoms with Gasteiger partial charge in [0.15, 0.2) is 0 Å². The highest BCUT2D eigenvalue weighted by Gasteiger charge is 2.33. The number of hydrogen-bond acceptors (Lipinski definition) is 4. The van der Waals surface area contributed by atoms with Crippen molar-refractivity contribution in [3.05, 3.63) is 52.4 Å². The van der Waals surface area contributed by atoms with Crippen molar-refractivity contribution in [2.24, 2.45) is 11.8 Å². The lowest BCUT2D eigenvalue weighted by Crippen LogP contribution is -2.42. The van der Waals surface area contributed by atoms with Crippen molar-refractivity contribution in [3.63, 3.8) is 0 Å². The molecule has 2 aromatic rings. The molecule has 1 fully saturated rings. The predicted molar refractivity (Wildman–Crippen MR) is 108 cm³/mol. The molecule has 0 aliphatic carbocycles. The molecule has 3 rings (SSSR count). The number of sulfonamides is 1. The Morgan fingerprint density at radius 1 is 1.26 bits per heavy atom. The smallest absolute Gasteiger partial charge is 0.252 e. The summed E-state index contributed by atoms with van der Waals surface area (Å²) < 4.78 is 27.1. The molecule has 1 atom stereocenters. The maximum absolute atomic E-state index is 12.6. The van der Waals surface area contributed by atoms with E-state index >= 15 is 0 Å². The summed E-state index contributed by atoms with van der Waals surface area (Å²) >= 11 is 7.11. The Morgan fingerprint density at radius 2 is 1.93 bits per heavy atom. The summed E-state index contributed by atoms with van der Waals surface area (Å²) in [6.07, 6.45) is 1.39. The molecule has 1 N–H and O–H groups in total. The lowest BCUT2D eigenvalue weighted by molar-refractivity contribution is -0.126. The number of carbonyl (C=O) groups excluding carboxylic acids is 1. The van der Waals surface area contributed by atoms with Crippen LogP contribution in [0.5, 0.6) is 0 Å². The van der Waals surface area contributed by atoms with Crippen molar-refractivity contribution < 1.29 is 13.2 Å². The highest BCUT2D eigenvalue weighted by Crippen LogP contribution is 2.30. The van der Waals surface area contributed by atoms with Crippen LogP contribution in [0.15, 0.2) is 46.0 Å². The van der Waals surface area contributed by atoms with Crippen LogP contribution >= 0.6 is 22.9 Å². The van der Waals surface area contributed by atoms with Gasteiger partial charge in [0.25, 0.3) is 10.0 Å². The van der Waals surface area contributed by atoms with Gasteiger partial charge >= 0.3 is 0 Å². The van der Waals surface area contributed by atoms with Crippen LogP contribution in [0.2, 0.25) is 5.02 Å². The van der Waals surface area contributed by atoms with Gasteiger partial charge in [0.1, 0.15) is 4.21 Å². The minimum absolute atomic E-state index is 0.00418. The molecule has 1 aliphatic heterocycles. The molecule has 1 aromatic heterocycles. The number of carbonyl (C=O) groups is 1. The third-order valence-electron chi connectivity index (χ3n) is 5.09. The second-order valence-electron chi connectivity index (χ2n) is 6.81. The summed E-state index contributed by atoms with van der Waals surface area (Å²) in [4.78, 5) is 12.5. The van der Waals surface area contributed by atoms with Crippen molar-refractivity contribution in [2.75, 3.05) is 13.1 Å². The summed E-state index contributed by atoms with van der Waals surface area (Å²) in [7, 11) is -3.40. The van der Waals surface area contributed by atoms with E-state index < -0.39 is 10.0 Å². The van der Waals surface area contributed by atoms with E-state index in [1.807, 2.05) is 19.1 Å². The zero-order valence-corrected chi connectivity index (χ0v) is 17.5. The fourth-order valence-electron chi connectivity index (χ4n) is 3.32. The summed E-state index contributed by atoms with van der Waals surface area (Å²) in [5, 5.41) is 5.41. The molecule has 0 unspecified atom stereocenters. The molecule has 0 spiro atoms. The van der Waals surface area contributed by atoms with Crippen LogP contribution in [0.25, 0.3) is 0 Å². The quantitative estimate of drug-likeness (QED) is 0.764. The van der Waals surface area contributed by atoms with E-state index in [0.717, 1.165) is 5.56 Å². The zero-order valence-electron chi connectivity index (χ0n) is 15.1. The number of nitrogens with one attached hydrogen (secondary N) is 1. The monoisotopic (exact) mass is 426 g/mol. The van der Waals surface area contributed by atoms with Gasteiger partial charge in [-0.3, -0.25) is 4.79 Å². The van der Waals surface area contributed by atoms with Crippen molar-refractivity contribution in [1.29, 1.82) is 0 Å². The first-order valence-electron chi connectivity index (χ1n) is 8.94. The van der Waals surface area contributed by atoms with Crippen molar-refractivity contribution in [2.45, 2.75) is 30.5 Å². The molecule has 0 bridgehead atoms. The number of nitrogens with zero attached hydrogens (tertiary/aromatic N) is 1. The first-order valence-corrected chi connectivity index (χ1v) is 11.6. The van der Waals surface area contributed by atoms with Crippen LogP contribution in [0.4, 0.5) is 0 Å². The molecule has 0 radical (unpaired) electrons. The Hall–Kier alpha value is -1.41. The van der Waals surface area contributed by atoms with Gasteiger partial charge in [0.05, 0.1) is 0 Å².